The van der Waals surface area contributed by atoms with Crippen LogP contribution in [-0.4, -0.2) is 18.5 Å². The lowest BCUT2D eigenvalue weighted by atomic mass is 10.1. The van der Waals surface area contributed by atoms with Crippen molar-refractivity contribution in [3.05, 3.63) is 35.4 Å². The first-order chi connectivity index (χ1) is 9.15. The summed E-state index contributed by atoms with van der Waals surface area (Å²) in [5, 5.41) is 0. The minimum absolute atomic E-state index is 0.0584. The van der Waals surface area contributed by atoms with Crippen molar-refractivity contribution in [2.75, 3.05) is 6.54 Å². The first-order valence-corrected chi connectivity index (χ1v) is 6.63. The fraction of sp³-hybridized carbons (Fsp3) is 0.429. The zero-order valence-electron chi connectivity index (χ0n) is 11.0. The molecular weight excluding hydrogens is 238 g/mol. The molecule has 0 atom stereocenters. The van der Waals surface area contributed by atoms with E-state index >= 15 is 0 Å². The monoisotopic (exact) mass is 259 g/mol. The number of aliphatic imine (C=N–C) groups is 2. The second-order valence-electron chi connectivity index (χ2n) is 4.90. The SMILES string of the molecule is NC(N)=NC(N)=NCCCc1ccc(C2CC2)cc1. The van der Waals surface area contributed by atoms with Crippen molar-refractivity contribution in [3.63, 3.8) is 0 Å². The molecule has 1 aromatic rings. The second kappa shape index (κ2) is 6.22. The number of nitrogens with zero attached hydrogens (tertiary/aromatic N) is 2. The molecule has 0 amide bonds. The van der Waals surface area contributed by atoms with Crippen molar-refractivity contribution in [1.29, 1.82) is 0 Å². The summed E-state index contributed by atoms with van der Waals surface area (Å²) in [4.78, 5) is 7.74. The van der Waals surface area contributed by atoms with E-state index in [0.29, 0.717) is 6.54 Å². The third-order valence-electron chi connectivity index (χ3n) is 3.17. The molecule has 5 heteroatoms. The van der Waals surface area contributed by atoms with Crippen molar-refractivity contribution in [3.8, 4) is 0 Å². The number of rotatable bonds is 5. The first-order valence-electron chi connectivity index (χ1n) is 6.63. The molecule has 0 unspecified atom stereocenters. The Morgan fingerprint density at radius 3 is 2.37 bits per heavy atom. The van der Waals surface area contributed by atoms with Gasteiger partial charge in [0, 0.05) is 6.54 Å². The van der Waals surface area contributed by atoms with Crippen LogP contribution in [-0.2, 0) is 6.42 Å². The Balaban J connectivity index is 1.74. The van der Waals surface area contributed by atoms with Crippen LogP contribution in [0.4, 0.5) is 0 Å². The Labute approximate surface area is 113 Å². The number of aryl methyl sites for hydroxylation is 1. The molecule has 0 bridgehead atoms. The Kier molecular flexibility index (Phi) is 4.39. The molecule has 6 N–H and O–H groups in total. The topological polar surface area (TPSA) is 103 Å². The van der Waals surface area contributed by atoms with E-state index in [1.807, 2.05) is 0 Å². The van der Waals surface area contributed by atoms with E-state index in [2.05, 4.69) is 34.3 Å². The highest BCUT2D eigenvalue weighted by atomic mass is 15.1. The number of benzene rings is 1. The third-order valence-corrected chi connectivity index (χ3v) is 3.17. The average molecular weight is 259 g/mol. The zero-order chi connectivity index (χ0) is 13.7. The molecule has 0 saturated heterocycles. The maximum absolute atomic E-state index is 5.52. The third kappa shape index (κ3) is 4.62. The van der Waals surface area contributed by atoms with E-state index in [4.69, 9.17) is 17.2 Å². The fourth-order valence-corrected chi connectivity index (χ4v) is 2.02. The summed E-state index contributed by atoms with van der Waals surface area (Å²) in [5.41, 5.74) is 18.7. The van der Waals surface area contributed by atoms with Gasteiger partial charge in [-0.2, -0.15) is 4.99 Å². The Morgan fingerprint density at radius 2 is 1.79 bits per heavy atom. The molecule has 0 heterocycles. The normalized spacial score (nSPS) is 15.3. The van der Waals surface area contributed by atoms with Gasteiger partial charge in [0.25, 0.3) is 0 Å². The van der Waals surface area contributed by atoms with Crippen LogP contribution in [0.25, 0.3) is 0 Å². The van der Waals surface area contributed by atoms with Gasteiger partial charge in [0.2, 0.25) is 5.96 Å². The quantitative estimate of drug-likeness (QED) is 0.419. The molecule has 0 radical (unpaired) electrons. The molecule has 1 saturated carbocycles. The standard InChI is InChI=1S/C14H21N5/c15-13(16)19-14(17)18-9-1-2-10-3-5-11(6-4-10)12-7-8-12/h3-6,12H,1-2,7-9H2,(H6,15,16,17,18,19). The summed E-state index contributed by atoms with van der Waals surface area (Å²) in [6.45, 7) is 0.632. The molecule has 5 nitrogen and oxygen atoms in total. The lowest BCUT2D eigenvalue weighted by Gasteiger charge is -2.02. The molecule has 0 aromatic heterocycles. The van der Waals surface area contributed by atoms with Crippen LogP contribution < -0.4 is 17.2 Å². The highest BCUT2D eigenvalue weighted by molar-refractivity contribution is 5.92. The number of hydrogen-bond acceptors (Lipinski definition) is 1. The molecular formula is C14H21N5. The van der Waals surface area contributed by atoms with Crippen molar-refractivity contribution in [1.82, 2.24) is 0 Å². The molecule has 2 rings (SSSR count). The molecule has 0 aliphatic heterocycles. The number of nitrogens with two attached hydrogens (primary N) is 3. The van der Waals surface area contributed by atoms with Crippen molar-refractivity contribution >= 4 is 11.9 Å². The van der Waals surface area contributed by atoms with Gasteiger partial charge in [-0.3, -0.25) is 4.99 Å². The fourth-order valence-electron chi connectivity index (χ4n) is 2.02. The van der Waals surface area contributed by atoms with Gasteiger partial charge >= 0.3 is 0 Å². The smallest absolute Gasteiger partial charge is 0.218 e. The highest BCUT2D eigenvalue weighted by Crippen LogP contribution is 2.39. The summed E-state index contributed by atoms with van der Waals surface area (Å²) < 4.78 is 0. The summed E-state index contributed by atoms with van der Waals surface area (Å²) in [7, 11) is 0. The number of guanidine groups is 2. The van der Waals surface area contributed by atoms with Gasteiger partial charge in [0.15, 0.2) is 5.96 Å². The molecule has 19 heavy (non-hydrogen) atoms. The van der Waals surface area contributed by atoms with Crippen molar-refractivity contribution < 1.29 is 0 Å². The Bertz CT molecular complexity index is 467. The lowest BCUT2D eigenvalue weighted by Crippen LogP contribution is -2.26. The average Bonchev–Trinajstić information content (AvgIpc) is 3.19. The zero-order valence-corrected chi connectivity index (χ0v) is 11.0. The molecule has 1 fully saturated rings. The van der Waals surface area contributed by atoms with Crippen LogP contribution >= 0.6 is 0 Å². The summed E-state index contributed by atoms with van der Waals surface area (Å²) in [6.07, 6.45) is 4.61. The van der Waals surface area contributed by atoms with Gasteiger partial charge in [-0.05, 0) is 42.7 Å². The van der Waals surface area contributed by atoms with Crippen molar-refractivity contribution in [2.24, 2.45) is 27.2 Å². The van der Waals surface area contributed by atoms with Crippen LogP contribution in [0.3, 0.4) is 0 Å². The second-order valence-corrected chi connectivity index (χ2v) is 4.90. The largest absolute Gasteiger partial charge is 0.370 e. The number of hydrogen-bond donors (Lipinski definition) is 3. The van der Waals surface area contributed by atoms with Gasteiger partial charge in [-0.1, -0.05) is 24.3 Å². The maximum atomic E-state index is 5.52. The van der Waals surface area contributed by atoms with E-state index in [-0.39, 0.29) is 11.9 Å². The summed E-state index contributed by atoms with van der Waals surface area (Å²) in [6, 6.07) is 8.89. The molecule has 1 aliphatic rings. The molecule has 1 aliphatic carbocycles. The van der Waals surface area contributed by atoms with Crippen LogP contribution in [0.5, 0.6) is 0 Å². The van der Waals surface area contributed by atoms with Crippen LogP contribution in [0.1, 0.15) is 36.3 Å². The van der Waals surface area contributed by atoms with Gasteiger partial charge in [0.05, 0.1) is 0 Å². The van der Waals surface area contributed by atoms with Crippen molar-refractivity contribution in [2.45, 2.75) is 31.6 Å². The van der Waals surface area contributed by atoms with Crippen LogP contribution in [0, 0.1) is 0 Å². The van der Waals surface area contributed by atoms with Gasteiger partial charge in [0.1, 0.15) is 0 Å². The van der Waals surface area contributed by atoms with E-state index in [1.54, 1.807) is 0 Å². The molecule has 102 valence electrons. The summed E-state index contributed by atoms with van der Waals surface area (Å²) in [5.74, 6) is 0.902. The minimum atomic E-state index is -0.0584. The molecule has 1 aromatic carbocycles. The maximum Gasteiger partial charge on any atom is 0.218 e. The minimum Gasteiger partial charge on any atom is -0.370 e. The predicted octanol–water partition coefficient (Wildman–Crippen LogP) is 1.08. The van der Waals surface area contributed by atoms with E-state index in [0.717, 1.165) is 18.8 Å². The first kappa shape index (κ1) is 13.4. The van der Waals surface area contributed by atoms with Gasteiger partial charge in [-0.25, -0.2) is 0 Å². The van der Waals surface area contributed by atoms with E-state index in [9.17, 15) is 0 Å². The van der Waals surface area contributed by atoms with Crippen LogP contribution in [0.15, 0.2) is 34.3 Å². The summed E-state index contributed by atoms with van der Waals surface area (Å²) >= 11 is 0. The van der Waals surface area contributed by atoms with Gasteiger partial charge < -0.3 is 17.2 Å². The van der Waals surface area contributed by atoms with E-state index < -0.39 is 0 Å². The van der Waals surface area contributed by atoms with Gasteiger partial charge in [-0.15, -0.1) is 0 Å². The Hall–Kier alpha value is -2.04. The predicted molar refractivity (Wildman–Crippen MR) is 79.0 cm³/mol. The highest BCUT2D eigenvalue weighted by Gasteiger charge is 2.22. The lowest BCUT2D eigenvalue weighted by molar-refractivity contribution is 0.830. The Morgan fingerprint density at radius 1 is 1.11 bits per heavy atom. The van der Waals surface area contributed by atoms with Crippen LogP contribution in [0.2, 0.25) is 0 Å². The molecule has 0 spiro atoms. The van der Waals surface area contributed by atoms with E-state index in [1.165, 1.54) is 24.0 Å².